The number of carbonyl (C=O) groups is 2. The molecule has 0 saturated heterocycles. The molecule has 2 aromatic carbocycles. The van der Waals surface area contributed by atoms with Crippen molar-refractivity contribution in [3.63, 3.8) is 0 Å². The van der Waals surface area contributed by atoms with E-state index in [1.807, 2.05) is 0 Å². The third-order valence-electron chi connectivity index (χ3n) is 2.98. The molecular formula is C17H14Cl3N3O4. The summed E-state index contributed by atoms with van der Waals surface area (Å²) in [5, 5.41) is 4.84. The normalized spacial score (nSPS) is 10.6. The lowest BCUT2D eigenvalue weighted by molar-refractivity contribution is -0.123. The van der Waals surface area contributed by atoms with E-state index in [0.29, 0.717) is 27.1 Å². The third kappa shape index (κ3) is 6.97. The lowest BCUT2D eigenvalue weighted by Crippen LogP contribution is -2.24. The molecule has 10 heteroatoms. The van der Waals surface area contributed by atoms with Crippen molar-refractivity contribution >= 4 is 52.8 Å². The highest BCUT2D eigenvalue weighted by Gasteiger charge is 2.06. The van der Waals surface area contributed by atoms with Crippen LogP contribution in [0.2, 0.25) is 15.1 Å². The number of hydrogen-bond acceptors (Lipinski definition) is 5. The molecule has 0 aliphatic rings. The fourth-order valence-corrected chi connectivity index (χ4v) is 2.52. The Morgan fingerprint density at radius 3 is 2.26 bits per heavy atom. The summed E-state index contributed by atoms with van der Waals surface area (Å²) >= 11 is 17.8. The molecule has 0 bridgehead atoms. The van der Waals surface area contributed by atoms with E-state index in [9.17, 15) is 9.59 Å². The van der Waals surface area contributed by atoms with Crippen LogP contribution in [0.25, 0.3) is 0 Å². The zero-order valence-corrected chi connectivity index (χ0v) is 16.0. The molecule has 0 aliphatic carbocycles. The molecule has 0 heterocycles. The van der Waals surface area contributed by atoms with Crippen molar-refractivity contribution in [1.29, 1.82) is 0 Å². The summed E-state index contributed by atoms with van der Waals surface area (Å²) in [7, 11) is 0. The maximum atomic E-state index is 11.7. The number of halogens is 3. The monoisotopic (exact) mass is 429 g/mol. The van der Waals surface area contributed by atoms with Crippen molar-refractivity contribution in [2.75, 3.05) is 13.2 Å². The van der Waals surface area contributed by atoms with Gasteiger partial charge >= 0.3 is 0 Å². The van der Waals surface area contributed by atoms with Crippen molar-refractivity contribution in [3.05, 3.63) is 57.0 Å². The first-order valence-electron chi connectivity index (χ1n) is 7.45. The molecule has 0 radical (unpaired) electrons. The Morgan fingerprint density at radius 1 is 1.00 bits per heavy atom. The van der Waals surface area contributed by atoms with Crippen LogP contribution < -0.4 is 20.6 Å². The van der Waals surface area contributed by atoms with E-state index >= 15 is 0 Å². The average Bonchev–Trinajstić information content (AvgIpc) is 2.60. The van der Waals surface area contributed by atoms with Crippen LogP contribution in [-0.4, -0.2) is 31.2 Å². The number of hydrogen-bond donors (Lipinski definition) is 2. The van der Waals surface area contributed by atoms with E-state index in [1.165, 1.54) is 12.3 Å². The maximum absolute atomic E-state index is 11.7. The Hall–Kier alpha value is -2.48. The molecule has 7 nitrogen and oxygen atoms in total. The van der Waals surface area contributed by atoms with Crippen molar-refractivity contribution in [3.8, 4) is 11.5 Å². The highest BCUT2D eigenvalue weighted by molar-refractivity contribution is 6.35. The van der Waals surface area contributed by atoms with Gasteiger partial charge in [0.15, 0.2) is 13.2 Å². The number of nitrogens with two attached hydrogens (primary N) is 1. The third-order valence-corrected chi connectivity index (χ3v) is 3.81. The van der Waals surface area contributed by atoms with Crippen molar-refractivity contribution in [1.82, 2.24) is 5.43 Å². The second-order valence-electron chi connectivity index (χ2n) is 5.10. The molecule has 2 rings (SSSR count). The molecule has 0 fully saturated rings. The minimum Gasteiger partial charge on any atom is -0.482 e. The summed E-state index contributed by atoms with van der Waals surface area (Å²) in [6.45, 7) is -0.555. The summed E-state index contributed by atoms with van der Waals surface area (Å²) < 4.78 is 10.4. The van der Waals surface area contributed by atoms with Gasteiger partial charge in [-0.25, -0.2) is 5.43 Å². The van der Waals surface area contributed by atoms with Gasteiger partial charge in [0.05, 0.1) is 16.3 Å². The van der Waals surface area contributed by atoms with E-state index < -0.39 is 11.8 Å². The Kier molecular flexibility index (Phi) is 7.72. The van der Waals surface area contributed by atoms with E-state index in [-0.39, 0.29) is 18.2 Å². The second kappa shape index (κ2) is 10.0. The first-order valence-corrected chi connectivity index (χ1v) is 8.59. The molecule has 142 valence electrons. The molecule has 0 atom stereocenters. The Labute approximate surface area is 170 Å². The van der Waals surface area contributed by atoms with Crippen LogP contribution in [0.5, 0.6) is 11.5 Å². The summed E-state index contributed by atoms with van der Waals surface area (Å²) in [4.78, 5) is 22.4. The topological polar surface area (TPSA) is 103 Å². The fourth-order valence-electron chi connectivity index (χ4n) is 1.81. The number of carbonyl (C=O) groups excluding carboxylic acids is 2. The minimum atomic E-state index is -0.610. The van der Waals surface area contributed by atoms with E-state index in [2.05, 4.69) is 10.5 Å². The highest BCUT2D eigenvalue weighted by Crippen LogP contribution is 2.27. The minimum absolute atomic E-state index is 0.271. The predicted molar refractivity (Wildman–Crippen MR) is 104 cm³/mol. The molecular weight excluding hydrogens is 417 g/mol. The van der Waals surface area contributed by atoms with Crippen molar-refractivity contribution < 1.29 is 19.1 Å². The number of amides is 2. The van der Waals surface area contributed by atoms with E-state index in [4.69, 9.17) is 50.0 Å². The van der Waals surface area contributed by atoms with Gasteiger partial charge in [-0.2, -0.15) is 5.10 Å². The standard InChI is InChI=1S/C17H14Cl3N3O4/c18-11-2-4-15(13(20)6-11)27-9-17(25)23-22-7-10-1-3-14(12(19)5-10)26-8-16(21)24/h1-7H,8-9H2,(H2,21,24)(H,23,25). The van der Waals surface area contributed by atoms with Crippen LogP contribution >= 0.6 is 34.8 Å². The zero-order valence-electron chi connectivity index (χ0n) is 13.7. The zero-order chi connectivity index (χ0) is 19.8. The number of primary amides is 1. The van der Waals surface area contributed by atoms with Gasteiger partial charge in [0, 0.05) is 5.02 Å². The SMILES string of the molecule is NC(=O)COc1ccc(C=NNC(=O)COc2ccc(Cl)cc2Cl)cc1Cl. The largest absolute Gasteiger partial charge is 0.482 e. The van der Waals surface area contributed by atoms with Crippen LogP contribution in [-0.2, 0) is 9.59 Å². The van der Waals surface area contributed by atoms with Gasteiger partial charge in [-0.3, -0.25) is 9.59 Å². The summed E-state index contributed by atoms with van der Waals surface area (Å²) in [5.41, 5.74) is 7.91. The number of ether oxygens (including phenoxy) is 2. The van der Waals surface area contributed by atoms with E-state index in [0.717, 1.165) is 0 Å². The van der Waals surface area contributed by atoms with Crippen LogP contribution in [0, 0.1) is 0 Å². The first-order chi connectivity index (χ1) is 12.8. The number of benzene rings is 2. The molecule has 2 amide bonds. The molecule has 3 N–H and O–H groups in total. The highest BCUT2D eigenvalue weighted by atomic mass is 35.5. The Balaban J connectivity index is 1.84. The molecule has 2 aromatic rings. The van der Waals surface area contributed by atoms with Gasteiger partial charge in [-0.15, -0.1) is 0 Å². The quantitative estimate of drug-likeness (QED) is 0.496. The molecule has 0 aromatic heterocycles. The van der Waals surface area contributed by atoms with Gasteiger partial charge in [-0.1, -0.05) is 34.8 Å². The van der Waals surface area contributed by atoms with Gasteiger partial charge in [0.1, 0.15) is 11.5 Å². The molecule has 27 heavy (non-hydrogen) atoms. The average molecular weight is 431 g/mol. The van der Waals surface area contributed by atoms with Gasteiger partial charge in [0.2, 0.25) is 0 Å². The lowest BCUT2D eigenvalue weighted by atomic mass is 10.2. The van der Waals surface area contributed by atoms with Crippen molar-refractivity contribution in [2.45, 2.75) is 0 Å². The first kappa shape index (κ1) is 20.8. The van der Waals surface area contributed by atoms with Gasteiger partial charge in [-0.05, 0) is 42.0 Å². The lowest BCUT2D eigenvalue weighted by Gasteiger charge is -2.07. The molecule has 0 unspecified atom stereocenters. The fraction of sp³-hybridized carbons (Fsp3) is 0.118. The van der Waals surface area contributed by atoms with E-state index in [1.54, 1.807) is 30.3 Å². The predicted octanol–water partition coefficient (Wildman–Crippen LogP) is 3.04. The number of hydrazone groups is 1. The summed E-state index contributed by atoms with van der Waals surface area (Å²) in [5.74, 6) is -0.449. The number of nitrogens with one attached hydrogen (secondary N) is 1. The molecule has 0 spiro atoms. The maximum Gasteiger partial charge on any atom is 0.277 e. The summed E-state index contributed by atoms with van der Waals surface area (Å²) in [6, 6.07) is 9.42. The Bertz CT molecular complexity index is 874. The van der Waals surface area contributed by atoms with Crippen LogP contribution in [0.4, 0.5) is 0 Å². The van der Waals surface area contributed by atoms with Crippen LogP contribution in [0.1, 0.15) is 5.56 Å². The van der Waals surface area contributed by atoms with Gasteiger partial charge < -0.3 is 15.2 Å². The van der Waals surface area contributed by atoms with Gasteiger partial charge in [0.25, 0.3) is 11.8 Å². The summed E-state index contributed by atoms with van der Waals surface area (Å²) in [6.07, 6.45) is 1.39. The van der Waals surface area contributed by atoms with Crippen molar-refractivity contribution in [2.24, 2.45) is 10.8 Å². The van der Waals surface area contributed by atoms with Crippen LogP contribution in [0.15, 0.2) is 41.5 Å². The van der Waals surface area contributed by atoms with Crippen LogP contribution in [0.3, 0.4) is 0 Å². The molecule has 0 saturated carbocycles. The Morgan fingerprint density at radius 2 is 1.63 bits per heavy atom. The smallest absolute Gasteiger partial charge is 0.277 e. The number of nitrogens with zero attached hydrogens (tertiary/aromatic N) is 1. The number of rotatable bonds is 8. The molecule has 0 aliphatic heterocycles. The second-order valence-corrected chi connectivity index (χ2v) is 6.35.